The summed E-state index contributed by atoms with van der Waals surface area (Å²) in [6, 6.07) is 7.70. The van der Waals surface area contributed by atoms with Gasteiger partial charge in [-0.3, -0.25) is 9.48 Å². The largest absolute Gasteiger partial charge is 0.496 e. The van der Waals surface area contributed by atoms with Crippen LogP contribution in [0, 0.1) is 13.8 Å². The van der Waals surface area contributed by atoms with E-state index < -0.39 is 0 Å². The van der Waals surface area contributed by atoms with Gasteiger partial charge in [0.25, 0.3) is 0 Å². The molecular formula is C17H23N3O2. The number of para-hydroxylation sites is 1. The number of hydrogen-bond acceptors (Lipinski definition) is 3. The van der Waals surface area contributed by atoms with Crippen molar-refractivity contribution in [2.75, 3.05) is 7.11 Å². The molecule has 118 valence electrons. The highest BCUT2D eigenvalue weighted by Crippen LogP contribution is 2.17. The van der Waals surface area contributed by atoms with E-state index in [0.717, 1.165) is 28.3 Å². The molecule has 0 aliphatic carbocycles. The minimum Gasteiger partial charge on any atom is -0.496 e. The van der Waals surface area contributed by atoms with Crippen molar-refractivity contribution in [2.45, 2.75) is 33.2 Å². The van der Waals surface area contributed by atoms with Crippen molar-refractivity contribution in [3.63, 3.8) is 0 Å². The van der Waals surface area contributed by atoms with E-state index in [4.69, 9.17) is 4.74 Å². The number of ether oxygens (including phenoxy) is 1. The molecule has 22 heavy (non-hydrogen) atoms. The van der Waals surface area contributed by atoms with Crippen molar-refractivity contribution >= 4 is 5.91 Å². The molecule has 0 spiro atoms. The summed E-state index contributed by atoms with van der Waals surface area (Å²) in [7, 11) is 3.56. The van der Waals surface area contributed by atoms with Crippen molar-refractivity contribution in [2.24, 2.45) is 7.05 Å². The number of amides is 1. The lowest BCUT2D eigenvalue weighted by Gasteiger charge is -2.09. The first-order valence-electron chi connectivity index (χ1n) is 7.40. The van der Waals surface area contributed by atoms with Crippen LogP contribution in [0.15, 0.2) is 24.3 Å². The molecule has 0 unspecified atom stereocenters. The van der Waals surface area contributed by atoms with Gasteiger partial charge in [-0.25, -0.2) is 0 Å². The van der Waals surface area contributed by atoms with Gasteiger partial charge in [0.1, 0.15) is 5.75 Å². The maximum atomic E-state index is 12.0. The molecule has 0 saturated carbocycles. The summed E-state index contributed by atoms with van der Waals surface area (Å²) in [5.74, 6) is 0.829. The highest BCUT2D eigenvalue weighted by Gasteiger charge is 2.11. The molecule has 5 heteroatoms. The normalized spacial score (nSPS) is 10.5. The number of aromatic nitrogens is 2. The highest BCUT2D eigenvalue weighted by atomic mass is 16.5. The third-order valence-electron chi connectivity index (χ3n) is 3.93. The molecule has 1 N–H and O–H groups in total. The van der Waals surface area contributed by atoms with Gasteiger partial charge in [0.2, 0.25) is 5.91 Å². The Labute approximate surface area is 131 Å². The van der Waals surface area contributed by atoms with Gasteiger partial charge >= 0.3 is 0 Å². The maximum absolute atomic E-state index is 12.0. The predicted octanol–water partition coefficient (Wildman–Crippen LogP) is 2.29. The molecule has 0 saturated heterocycles. The van der Waals surface area contributed by atoms with Gasteiger partial charge in [0.05, 0.1) is 12.8 Å². The molecule has 2 rings (SSSR count). The number of carbonyl (C=O) groups is 1. The Morgan fingerprint density at radius 3 is 2.68 bits per heavy atom. The van der Waals surface area contributed by atoms with Crippen LogP contribution in [0.25, 0.3) is 0 Å². The second-order valence-electron chi connectivity index (χ2n) is 5.36. The molecule has 1 heterocycles. The van der Waals surface area contributed by atoms with Crippen LogP contribution in [0.1, 0.15) is 28.9 Å². The molecule has 5 nitrogen and oxygen atoms in total. The van der Waals surface area contributed by atoms with Gasteiger partial charge in [0, 0.05) is 31.3 Å². The summed E-state index contributed by atoms with van der Waals surface area (Å²) in [5, 5.41) is 7.32. The topological polar surface area (TPSA) is 56.1 Å². The van der Waals surface area contributed by atoms with E-state index in [1.54, 1.807) is 7.11 Å². The molecule has 1 aromatic carbocycles. The lowest BCUT2D eigenvalue weighted by Crippen LogP contribution is -2.23. The zero-order chi connectivity index (χ0) is 16.1. The zero-order valence-electron chi connectivity index (χ0n) is 13.6. The quantitative estimate of drug-likeness (QED) is 0.890. The third-order valence-corrected chi connectivity index (χ3v) is 3.93. The average molecular weight is 301 g/mol. The van der Waals surface area contributed by atoms with E-state index in [1.165, 1.54) is 0 Å². The number of methoxy groups -OCH3 is 1. The van der Waals surface area contributed by atoms with Crippen molar-refractivity contribution in [3.8, 4) is 5.75 Å². The minimum absolute atomic E-state index is 0.0357. The molecule has 0 fully saturated rings. The van der Waals surface area contributed by atoms with Crippen LogP contribution in [0.4, 0.5) is 0 Å². The zero-order valence-corrected chi connectivity index (χ0v) is 13.6. The van der Waals surface area contributed by atoms with Gasteiger partial charge in [-0.15, -0.1) is 0 Å². The van der Waals surface area contributed by atoms with Gasteiger partial charge in [-0.2, -0.15) is 5.10 Å². The first-order valence-corrected chi connectivity index (χ1v) is 7.40. The van der Waals surface area contributed by atoms with Gasteiger partial charge in [-0.05, 0) is 31.9 Å². The first kappa shape index (κ1) is 16.1. The molecule has 0 aliphatic rings. The Kier molecular flexibility index (Phi) is 5.20. The predicted molar refractivity (Wildman–Crippen MR) is 85.8 cm³/mol. The Bertz CT molecular complexity index is 662. The Balaban J connectivity index is 1.88. The van der Waals surface area contributed by atoms with Crippen LogP contribution in [0.5, 0.6) is 5.75 Å². The number of hydrogen-bond donors (Lipinski definition) is 1. The van der Waals surface area contributed by atoms with Crippen molar-refractivity contribution in [1.82, 2.24) is 15.1 Å². The van der Waals surface area contributed by atoms with Crippen molar-refractivity contribution in [3.05, 3.63) is 46.8 Å². The van der Waals surface area contributed by atoms with E-state index >= 15 is 0 Å². The van der Waals surface area contributed by atoms with Crippen LogP contribution >= 0.6 is 0 Å². The Hall–Kier alpha value is -2.30. The van der Waals surface area contributed by atoms with Gasteiger partial charge < -0.3 is 10.1 Å². The summed E-state index contributed by atoms with van der Waals surface area (Å²) < 4.78 is 7.14. The molecule has 1 amide bonds. The van der Waals surface area contributed by atoms with Crippen LogP contribution < -0.4 is 10.1 Å². The fourth-order valence-corrected chi connectivity index (χ4v) is 2.55. The van der Waals surface area contributed by atoms with E-state index in [1.807, 2.05) is 49.8 Å². The summed E-state index contributed by atoms with van der Waals surface area (Å²) in [4.78, 5) is 12.0. The van der Waals surface area contributed by atoms with Crippen molar-refractivity contribution < 1.29 is 9.53 Å². The van der Waals surface area contributed by atoms with Gasteiger partial charge in [0.15, 0.2) is 0 Å². The lowest BCUT2D eigenvalue weighted by atomic mass is 10.1. The fourth-order valence-electron chi connectivity index (χ4n) is 2.55. The average Bonchev–Trinajstić information content (AvgIpc) is 2.76. The Morgan fingerprint density at radius 1 is 1.32 bits per heavy atom. The summed E-state index contributed by atoms with van der Waals surface area (Å²) in [5.41, 5.74) is 4.26. The molecule has 0 bridgehead atoms. The highest BCUT2D eigenvalue weighted by molar-refractivity contribution is 5.76. The number of carbonyl (C=O) groups excluding carboxylic acids is 1. The minimum atomic E-state index is 0.0357. The number of nitrogens with one attached hydrogen (secondary N) is 1. The fraction of sp³-hybridized carbons (Fsp3) is 0.412. The summed E-state index contributed by atoms with van der Waals surface area (Å²) in [6.07, 6.45) is 1.17. The smallest absolute Gasteiger partial charge is 0.220 e. The second kappa shape index (κ2) is 7.11. The second-order valence-corrected chi connectivity index (χ2v) is 5.36. The van der Waals surface area contributed by atoms with E-state index in [-0.39, 0.29) is 5.91 Å². The molecular weight excluding hydrogens is 278 g/mol. The van der Waals surface area contributed by atoms with E-state index in [0.29, 0.717) is 19.4 Å². The Morgan fingerprint density at radius 2 is 2.05 bits per heavy atom. The summed E-state index contributed by atoms with van der Waals surface area (Å²) in [6.45, 7) is 4.49. The molecule has 1 aromatic heterocycles. The van der Waals surface area contributed by atoms with Crippen LogP contribution in [-0.4, -0.2) is 22.8 Å². The van der Waals surface area contributed by atoms with Gasteiger partial charge in [-0.1, -0.05) is 18.2 Å². The van der Waals surface area contributed by atoms with E-state index in [9.17, 15) is 4.79 Å². The molecule has 0 aliphatic heterocycles. The standard InChI is InChI=1S/C17H23N3O2/c1-12-15(13(2)20(3)19-12)9-10-17(21)18-11-14-7-5-6-8-16(14)22-4/h5-8H,9-11H2,1-4H3,(H,18,21). The number of rotatable bonds is 6. The number of aryl methyl sites for hydroxylation is 2. The SMILES string of the molecule is COc1ccccc1CNC(=O)CCc1c(C)nn(C)c1C. The number of nitrogens with zero attached hydrogens (tertiary/aromatic N) is 2. The maximum Gasteiger partial charge on any atom is 0.220 e. The van der Waals surface area contributed by atoms with Crippen LogP contribution in [0.3, 0.4) is 0 Å². The molecule has 2 aromatic rings. The van der Waals surface area contributed by atoms with E-state index in [2.05, 4.69) is 10.4 Å². The lowest BCUT2D eigenvalue weighted by molar-refractivity contribution is -0.121. The molecule has 0 radical (unpaired) electrons. The third kappa shape index (κ3) is 3.67. The number of benzene rings is 1. The van der Waals surface area contributed by atoms with Crippen LogP contribution in [0.2, 0.25) is 0 Å². The van der Waals surface area contributed by atoms with Crippen LogP contribution in [-0.2, 0) is 24.8 Å². The monoisotopic (exact) mass is 301 g/mol. The summed E-state index contributed by atoms with van der Waals surface area (Å²) >= 11 is 0. The van der Waals surface area contributed by atoms with Crippen molar-refractivity contribution in [1.29, 1.82) is 0 Å². The first-order chi connectivity index (χ1) is 10.5. The molecule has 0 atom stereocenters.